The first-order valence-corrected chi connectivity index (χ1v) is 12.8. The number of carbonyl (C=O) groups is 1. The maximum absolute atomic E-state index is 13.4. The molecule has 3 saturated carbocycles. The second kappa shape index (κ2) is 8.25. The standard InChI is InChI=1S/C27H44O4/c1-15(2)22(29)7-6-16(3)20-14-24(31)25-18-13-23(30)21-12-17(28)8-10-26(21,4)19(18)9-11-27(20,25)5/h15-17,19-23,28-30H,6-14H2,1-5H3. The van der Waals surface area contributed by atoms with Crippen LogP contribution in [0.4, 0.5) is 0 Å². The van der Waals surface area contributed by atoms with Crippen molar-refractivity contribution in [3.63, 3.8) is 0 Å². The van der Waals surface area contributed by atoms with Crippen molar-refractivity contribution in [2.24, 2.45) is 40.4 Å². The Hall–Kier alpha value is -0.710. The van der Waals surface area contributed by atoms with E-state index in [2.05, 4.69) is 34.6 Å². The number of aliphatic hydroxyl groups is 3. The first-order chi connectivity index (χ1) is 14.5. The Morgan fingerprint density at radius 3 is 2.42 bits per heavy atom. The minimum Gasteiger partial charge on any atom is -0.393 e. The van der Waals surface area contributed by atoms with Crippen LogP contribution in [-0.2, 0) is 4.79 Å². The molecule has 0 bridgehead atoms. The van der Waals surface area contributed by atoms with E-state index in [0.717, 1.165) is 44.1 Å². The van der Waals surface area contributed by atoms with Gasteiger partial charge in [0.15, 0.2) is 5.78 Å². The zero-order chi connectivity index (χ0) is 22.7. The zero-order valence-electron chi connectivity index (χ0n) is 20.2. The van der Waals surface area contributed by atoms with E-state index in [4.69, 9.17) is 0 Å². The van der Waals surface area contributed by atoms with E-state index >= 15 is 0 Å². The number of hydrogen-bond acceptors (Lipinski definition) is 4. The van der Waals surface area contributed by atoms with E-state index in [1.54, 1.807) is 0 Å². The maximum Gasteiger partial charge on any atom is 0.159 e. The van der Waals surface area contributed by atoms with Gasteiger partial charge in [0, 0.05) is 12.0 Å². The summed E-state index contributed by atoms with van der Waals surface area (Å²) in [6.45, 7) is 11.0. The Morgan fingerprint density at radius 1 is 1.03 bits per heavy atom. The molecule has 0 amide bonds. The molecule has 4 aliphatic rings. The lowest BCUT2D eigenvalue weighted by Crippen LogP contribution is -2.53. The minimum atomic E-state index is -0.452. The lowest BCUT2D eigenvalue weighted by molar-refractivity contribution is -0.116. The van der Waals surface area contributed by atoms with Crippen molar-refractivity contribution in [1.29, 1.82) is 0 Å². The molecule has 0 saturated heterocycles. The quantitative estimate of drug-likeness (QED) is 0.591. The Morgan fingerprint density at radius 2 is 1.74 bits per heavy atom. The predicted octanol–water partition coefficient (Wildman–Crippen LogP) is 4.65. The summed E-state index contributed by atoms with van der Waals surface area (Å²) in [7, 11) is 0. The number of allylic oxidation sites excluding steroid dienone is 1. The van der Waals surface area contributed by atoms with Crippen LogP contribution in [0.1, 0.15) is 92.4 Å². The second-order valence-corrected chi connectivity index (χ2v) is 12.3. The molecular weight excluding hydrogens is 388 g/mol. The highest BCUT2D eigenvalue weighted by molar-refractivity contribution is 6.00. The molecule has 0 aromatic carbocycles. The SMILES string of the molecule is CC(C)C(O)CCC(C)C1CC(=O)C2=C3CC(O)C4CC(O)CCC4(C)C3CCC21C. The Balaban J connectivity index is 1.62. The smallest absolute Gasteiger partial charge is 0.159 e. The van der Waals surface area contributed by atoms with Crippen molar-refractivity contribution in [1.82, 2.24) is 0 Å². The van der Waals surface area contributed by atoms with Crippen LogP contribution in [0.25, 0.3) is 0 Å². The molecule has 0 aromatic heterocycles. The second-order valence-electron chi connectivity index (χ2n) is 12.3. The van der Waals surface area contributed by atoms with Gasteiger partial charge < -0.3 is 15.3 Å². The van der Waals surface area contributed by atoms with Crippen molar-refractivity contribution in [2.45, 2.75) is 111 Å². The summed E-state index contributed by atoms with van der Waals surface area (Å²) in [6, 6.07) is 0. The molecule has 4 heteroatoms. The third-order valence-electron chi connectivity index (χ3n) is 10.2. The summed E-state index contributed by atoms with van der Waals surface area (Å²) in [5, 5.41) is 31.6. The molecule has 3 N–H and O–H groups in total. The number of hydrogen-bond donors (Lipinski definition) is 3. The van der Waals surface area contributed by atoms with Gasteiger partial charge in [0.2, 0.25) is 0 Å². The van der Waals surface area contributed by atoms with Gasteiger partial charge in [0.05, 0.1) is 18.3 Å². The van der Waals surface area contributed by atoms with E-state index in [-0.39, 0.29) is 34.9 Å². The monoisotopic (exact) mass is 432 g/mol. The molecule has 31 heavy (non-hydrogen) atoms. The molecule has 0 radical (unpaired) electrons. The van der Waals surface area contributed by atoms with Crippen LogP contribution in [-0.4, -0.2) is 39.4 Å². The summed E-state index contributed by atoms with van der Waals surface area (Å²) in [5.74, 6) is 1.83. The fraction of sp³-hybridized carbons (Fsp3) is 0.889. The largest absolute Gasteiger partial charge is 0.393 e. The fourth-order valence-corrected chi connectivity index (χ4v) is 8.19. The van der Waals surface area contributed by atoms with E-state index in [0.29, 0.717) is 42.8 Å². The number of aliphatic hydroxyl groups excluding tert-OH is 3. The highest BCUT2D eigenvalue weighted by Gasteiger charge is 2.59. The minimum absolute atomic E-state index is 0.00802. The highest BCUT2D eigenvalue weighted by Crippen LogP contribution is 2.65. The molecular formula is C27H44O4. The van der Waals surface area contributed by atoms with E-state index < -0.39 is 6.10 Å². The lowest BCUT2D eigenvalue weighted by Gasteiger charge is -2.57. The maximum atomic E-state index is 13.4. The Labute approximate surface area is 188 Å². The zero-order valence-corrected chi connectivity index (χ0v) is 20.2. The summed E-state index contributed by atoms with van der Waals surface area (Å²) in [4.78, 5) is 13.4. The predicted molar refractivity (Wildman–Crippen MR) is 122 cm³/mol. The van der Waals surface area contributed by atoms with Crippen molar-refractivity contribution in [3.05, 3.63) is 11.1 Å². The van der Waals surface area contributed by atoms with Gasteiger partial charge in [-0.2, -0.15) is 0 Å². The van der Waals surface area contributed by atoms with Gasteiger partial charge in [-0.15, -0.1) is 0 Å². The van der Waals surface area contributed by atoms with E-state index in [9.17, 15) is 20.1 Å². The molecule has 0 heterocycles. The van der Waals surface area contributed by atoms with Gasteiger partial charge in [-0.05, 0) is 91.8 Å². The van der Waals surface area contributed by atoms with Crippen LogP contribution < -0.4 is 0 Å². The first kappa shape index (κ1) is 23.4. The summed E-state index contributed by atoms with van der Waals surface area (Å²) in [6.07, 6.45) is 6.55. The fourth-order valence-electron chi connectivity index (χ4n) is 8.19. The van der Waals surface area contributed by atoms with Crippen LogP contribution in [0.3, 0.4) is 0 Å². The van der Waals surface area contributed by atoms with Gasteiger partial charge >= 0.3 is 0 Å². The van der Waals surface area contributed by atoms with Crippen molar-refractivity contribution in [2.75, 3.05) is 0 Å². The third-order valence-corrected chi connectivity index (χ3v) is 10.2. The Bertz CT molecular complexity index is 742. The average molecular weight is 433 g/mol. The van der Waals surface area contributed by atoms with Crippen LogP contribution in [0.5, 0.6) is 0 Å². The molecule has 9 atom stereocenters. The van der Waals surface area contributed by atoms with Gasteiger partial charge in [-0.25, -0.2) is 0 Å². The van der Waals surface area contributed by atoms with Crippen LogP contribution >= 0.6 is 0 Å². The summed E-state index contributed by atoms with van der Waals surface area (Å²) >= 11 is 0. The third kappa shape index (κ3) is 3.75. The van der Waals surface area contributed by atoms with Gasteiger partial charge in [0.25, 0.3) is 0 Å². The lowest BCUT2D eigenvalue weighted by atomic mass is 9.48. The van der Waals surface area contributed by atoms with Gasteiger partial charge in [0.1, 0.15) is 0 Å². The van der Waals surface area contributed by atoms with E-state index in [1.165, 1.54) is 5.57 Å². The van der Waals surface area contributed by atoms with E-state index in [1.807, 2.05) is 0 Å². The molecule has 4 aliphatic carbocycles. The van der Waals surface area contributed by atoms with Gasteiger partial charge in [-0.1, -0.05) is 40.2 Å². The number of fused-ring (bicyclic) bond motifs is 4. The van der Waals surface area contributed by atoms with Crippen molar-refractivity contribution < 1.29 is 20.1 Å². The normalized spacial score (nSPS) is 44.7. The van der Waals surface area contributed by atoms with Crippen LogP contribution in [0.15, 0.2) is 11.1 Å². The number of carbonyl (C=O) groups excluding carboxylic acids is 1. The molecule has 0 aromatic rings. The summed E-state index contributed by atoms with van der Waals surface area (Å²) < 4.78 is 0. The molecule has 4 rings (SSSR count). The van der Waals surface area contributed by atoms with Crippen molar-refractivity contribution >= 4 is 5.78 Å². The number of ketones is 1. The highest BCUT2D eigenvalue weighted by atomic mass is 16.3. The average Bonchev–Trinajstić information content (AvgIpc) is 2.98. The topological polar surface area (TPSA) is 77.8 Å². The van der Waals surface area contributed by atoms with Gasteiger partial charge in [-0.3, -0.25) is 4.79 Å². The molecule has 176 valence electrons. The van der Waals surface area contributed by atoms with Crippen LogP contribution in [0, 0.1) is 40.4 Å². The molecule has 9 unspecified atom stereocenters. The summed E-state index contributed by atoms with van der Waals surface area (Å²) in [5.41, 5.74) is 2.22. The first-order valence-electron chi connectivity index (χ1n) is 12.8. The molecule has 4 nitrogen and oxygen atoms in total. The molecule has 0 spiro atoms. The van der Waals surface area contributed by atoms with Crippen LogP contribution in [0.2, 0.25) is 0 Å². The van der Waals surface area contributed by atoms with Crippen molar-refractivity contribution in [3.8, 4) is 0 Å². The molecule has 3 fully saturated rings. The molecule has 0 aliphatic heterocycles. The number of rotatable bonds is 5. The number of Topliss-reactive ketones (excluding diaryl/α,β-unsaturated/α-hetero) is 1. The Kier molecular flexibility index (Phi) is 6.24.